The molecule has 0 amide bonds. The minimum absolute atomic E-state index is 0.263. The van der Waals surface area contributed by atoms with Crippen LogP contribution >= 0.6 is 0 Å². The maximum absolute atomic E-state index is 9.91. The highest BCUT2D eigenvalue weighted by Gasteiger charge is 2.41. The van der Waals surface area contributed by atoms with Crippen LogP contribution < -0.4 is 11.5 Å². The summed E-state index contributed by atoms with van der Waals surface area (Å²) in [5.41, 5.74) is 9.91. The zero-order valence-electron chi connectivity index (χ0n) is 7.89. The highest BCUT2D eigenvalue weighted by Crippen LogP contribution is 2.31. The Kier molecular flexibility index (Phi) is 3.06. The first-order chi connectivity index (χ1) is 4.75. The molecule has 0 aromatic rings. The van der Waals surface area contributed by atoms with E-state index in [1.165, 1.54) is 0 Å². The van der Waals surface area contributed by atoms with E-state index in [0.29, 0.717) is 6.54 Å². The van der Waals surface area contributed by atoms with Crippen molar-refractivity contribution in [3.63, 3.8) is 0 Å². The van der Waals surface area contributed by atoms with E-state index < -0.39 is 5.60 Å². The van der Waals surface area contributed by atoms with Crippen LogP contribution in [0.4, 0.5) is 0 Å². The van der Waals surface area contributed by atoms with Gasteiger partial charge in [-0.25, -0.2) is 0 Å². The lowest BCUT2D eigenvalue weighted by atomic mass is 9.72. The third kappa shape index (κ3) is 1.92. The van der Waals surface area contributed by atoms with E-state index >= 15 is 0 Å². The van der Waals surface area contributed by atoms with E-state index in [2.05, 4.69) is 0 Å². The maximum atomic E-state index is 9.91. The summed E-state index contributed by atoms with van der Waals surface area (Å²) in [5.74, 6) is 0. The maximum Gasteiger partial charge on any atom is 0.0829 e. The van der Waals surface area contributed by atoms with Crippen LogP contribution in [0.3, 0.4) is 0 Å². The molecule has 0 fully saturated rings. The van der Waals surface area contributed by atoms with Crippen LogP contribution in [0, 0.1) is 5.41 Å². The lowest BCUT2D eigenvalue weighted by Gasteiger charge is -2.42. The Morgan fingerprint density at radius 1 is 1.36 bits per heavy atom. The summed E-state index contributed by atoms with van der Waals surface area (Å²) in [5, 5.41) is 9.91. The van der Waals surface area contributed by atoms with Crippen molar-refractivity contribution in [2.24, 2.45) is 16.9 Å². The number of hydrogen-bond donors (Lipinski definition) is 3. The molecule has 68 valence electrons. The molecule has 3 nitrogen and oxygen atoms in total. The van der Waals surface area contributed by atoms with E-state index in [4.69, 9.17) is 11.5 Å². The second-order valence-electron chi connectivity index (χ2n) is 4.02. The second kappa shape index (κ2) is 3.09. The van der Waals surface area contributed by atoms with Crippen molar-refractivity contribution in [2.75, 3.05) is 6.54 Å². The van der Waals surface area contributed by atoms with Gasteiger partial charge in [-0.15, -0.1) is 0 Å². The third-order valence-corrected chi connectivity index (χ3v) is 2.77. The lowest BCUT2D eigenvalue weighted by molar-refractivity contribution is -0.0620. The Morgan fingerprint density at radius 3 is 1.82 bits per heavy atom. The molecule has 0 bridgehead atoms. The van der Waals surface area contributed by atoms with Crippen LogP contribution in [-0.4, -0.2) is 23.3 Å². The van der Waals surface area contributed by atoms with Gasteiger partial charge in [-0.1, -0.05) is 13.8 Å². The molecule has 0 aliphatic carbocycles. The zero-order chi connectivity index (χ0) is 9.28. The summed E-state index contributed by atoms with van der Waals surface area (Å²) in [7, 11) is 0. The molecule has 2 unspecified atom stereocenters. The minimum Gasteiger partial charge on any atom is -0.388 e. The van der Waals surface area contributed by atoms with Crippen molar-refractivity contribution in [3.8, 4) is 0 Å². The van der Waals surface area contributed by atoms with E-state index in [1.807, 2.05) is 13.8 Å². The first-order valence-corrected chi connectivity index (χ1v) is 3.93. The van der Waals surface area contributed by atoms with Gasteiger partial charge < -0.3 is 16.6 Å². The standard InChI is InChI=1S/C8H20N2O/c1-6(10)8(4,11)7(2,3)5-9/h6,11H,5,9-10H2,1-4H3. The molecule has 0 saturated heterocycles. The molecule has 0 aliphatic rings. The molecule has 0 radical (unpaired) electrons. The van der Waals surface area contributed by atoms with Gasteiger partial charge in [0.05, 0.1) is 5.60 Å². The van der Waals surface area contributed by atoms with E-state index in [-0.39, 0.29) is 11.5 Å². The van der Waals surface area contributed by atoms with Crippen molar-refractivity contribution >= 4 is 0 Å². The highest BCUT2D eigenvalue weighted by molar-refractivity contribution is 4.95. The zero-order valence-corrected chi connectivity index (χ0v) is 7.89. The Balaban J connectivity index is 4.53. The molecule has 11 heavy (non-hydrogen) atoms. The Hall–Kier alpha value is -0.120. The first kappa shape index (κ1) is 10.9. The molecular formula is C8H20N2O. The van der Waals surface area contributed by atoms with Gasteiger partial charge in [-0.2, -0.15) is 0 Å². The lowest BCUT2D eigenvalue weighted by Crippen LogP contribution is -2.56. The Labute approximate surface area is 68.8 Å². The van der Waals surface area contributed by atoms with E-state index in [0.717, 1.165) is 0 Å². The smallest absolute Gasteiger partial charge is 0.0829 e. The number of nitrogens with two attached hydrogens (primary N) is 2. The molecule has 2 atom stereocenters. The molecule has 0 aliphatic heterocycles. The van der Waals surface area contributed by atoms with Gasteiger partial charge in [-0.3, -0.25) is 0 Å². The van der Waals surface area contributed by atoms with Crippen LogP contribution in [0.15, 0.2) is 0 Å². The summed E-state index contributed by atoms with van der Waals surface area (Å²) < 4.78 is 0. The van der Waals surface area contributed by atoms with E-state index in [1.54, 1.807) is 13.8 Å². The van der Waals surface area contributed by atoms with Crippen LogP contribution in [0.2, 0.25) is 0 Å². The molecule has 0 aromatic heterocycles. The average Bonchev–Trinajstić information content (AvgIpc) is 1.87. The Morgan fingerprint density at radius 2 is 1.73 bits per heavy atom. The topological polar surface area (TPSA) is 72.3 Å². The third-order valence-electron chi connectivity index (χ3n) is 2.77. The summed E-state index contributed by atoms with van der Waals surface area (Å²) >= 11 is 0. The molecule has 5 N–H and O–H groups in total. The molecule has 0 spiro atoms. The SMILES string of the molecule is CC(N)C(C)(O)C(C)(C)CN. The second-order valence-corrected chi connectivity index (χ2v) is 4.02. The predicted molar refractivity (Wildman–Crippen MR) is 47.1 cm³/mol. The molecular weight excluding hydrogens is 140 g/mol. The van der Waals surface area contributed by atoms with Crippen LogP contribution in [0.1, 0.15) is 27.7 Å². The van der Waals surface area contributed by atoms with Crippen LogP contribution in [0.25, 0.3) is 0 Å². The summed E-state index contributed by atoms with van der Waals surface area (Å²) in [6.07, 6.45) is 0. The van der Waals surface area contributed by atoms with Gasteiger partial charge >= 0.3 is 0 Å². The van der Waals surface area contributed by atoms with Gasteiger partial charge in [0.2, 0.25) is 0 Å². The van der Waals surface area contributed by atoms with E-state index in [9.17, 15) is 5.11 Å². The predicted octanol–water partition coefficient (Wildman–Crippen LogP) is 0.0695. The summed E-state index contributed by atoms with van der Waals surface area (Å²) in [4.78, 5) is 0. The van der Waals surface area contributed by atoms with Gasteiger partial charge in [0.1, 0.15) is 0 Å². The van der Waals surface area contributed by atoms with Crippen molar-refractivity contribution in [3.05, 3.63) is 0 Å². The molecule has 0 rings (SSSR count). The fraction of sp³-hybridized carbons (Fsp3) is 1.00. The highest BCUT2D eigenvalue weighted by atomic mass is 16.3. The first-order valence-electron chi connectivity index (χ1n) is 3.93. The number of rotatable bonds is 3. The van der Waals surface area contributed by atoms with Gasteiger partial charge in [0.25, 0.3) is 0 Å². The van der Waals surface area contributed by atoms with Gasteiger partial charge in [0.15, 0.2) is 0 Å². The largest absolute Gasteiger partial charge is 0.388 e. The quantitative estimate of drug-likeness (QED) is 0.547. The monoisotopic (exact) mass is 160 g/mol. The number of aliphatic hydroxyl groups is 1. The van der Waals surface area contributed by atoms with Crippen LogP contribution in [-0.2, 0) is 0 Å². The van der Waals surface area contributed by atoms with Crippen molar-refractivity contribution in [2.45, 2.75) is 39.3 Å². The van der Waals surface area contributed by atoms with Gasteiger partial charge in [-0.05, 0) is 13.8 Å². The molecule has 3 heteroatoms. The molecule has 0 heterocycles. The average molecular weight is 160 g/mol. The fourth-order valence-corrected chi connectivity index (χ4v) is 0.823. The number of hydrogen-bond acceptors (Lipinski definition) is 3. The summed E-state index contributed by atoms with van der Waals surface area (Å²) in [6, 6.07) is -0.263. The van der Waals surface area contributed by atoms with Crippen LogP contribution in [0.5, 0.6) is 0 Å². The fourth-order valence-electron chi connectivity index (χ4n) is 0.823. The van der Waals surface area contributed by atoms with Crippen molar-refractivity contribution < 1.29 is 5.11 Å². The molecule has 0 aromatic carbocycles. The normalized spacial score (nSPS) is 21.0. The Bertz CT molecular complexity index is 130. The van der Waals surface area contributed by atoms with Crippen molar-refractivity contribution in [1.29, 1.82) is 0 Å². The van der Waals surface area contributed by atoms with Crippen molar-refractivity contribution in [1.82, 2.24) is 0 Å². The summed E-state index contributed by atoms with van der Waals surface area (Å²) in [6.45, 7) is 7.77. The van der Waals surface area contributed by atoms with Gasteiger partial charge in [0, 0.05) is 18.0 Å². The minimum atomic E-state index is -0.901. The molecule has 0 saturated carbocycles.